The summed E-state index contributed by atoms with van der Waals surface area (Å²) >= 11 is 0. The third-order valence-corrected chi connectivity index (χ3v) is 7.02. The number of methoxy groups -OCH3 is 1. The van der Waals surface area contributed by atoms with Crippen LogP contribution in [0.15, 0.2) is 77.9 Å². The Kier molecular flexibility index (Phi) is 4.77. The van der Waals surface area contributed by atoms with Crippen LogP contribution >= 0.6 is 0 Å². The van der Waals surface area contributed by atoms with Crippen molar-refractivity contribution < 1.29 is 23.5 Å². The van der Waals surface area contributed by atoms with E-state index in [0.717, 1.165) is 16.0 Å². The van der Waals surface area contributed by atoms with E-state index in [2.05, 4.69) is 5.10 Å². The Balaban J connectivity index is 1.51. The van der Waals surface area contributed by atoms with Crippen LogP contribution in [0.4, 0.5) is 10.1 Å². The van der Waals surface area contributed by atoms with Crippen molar-refractivity contribution in [3.8, 4) is 5.75 Å². The van der Waals surface area contributed by atoms with E-state index in [1.807, 2.05) is 24.3 Å². The SMILES string of the molecule is COc1ccccc1N1C(=O)[C@@H]2[C@H](C1=O)[C@H]1c3ccccc3C=NN1[C@@H]2C(=O)c1ccc(F)cc1. The number of para-hydroxylation sites is 2. The van der Waals surface area contributed by atoms with Crippen LogP contribution < -0.4 is 9.64 Å². The third-order valence-electron chi connectivity index (χ3n) is 7.02. The minimum Gasteiger partial charge on any atom is -0.495 e. The molecule has 3 aromatic carbocycles. The smallest absolute Gasteiger partial charge is 0.240 e. The van der Waals surface area contributed by atoms with Gasteiger partial charge in [-0.3, -0.25) is 19.4 Å². The van der Waals surface area contributed by atoms with E-state index in [4.69, 9.17) is 4.74 Å². The molecule has 3 heterocycles. The van der Waals surface area contributed by atoms with Crippen LogP contribution in [0.25, 0.3) is 0 Å². The summed E-state index contributed by atoms with van der Waals surface area (Å²) in [5, 5.41) is 6.11. The van der Waals surface area contributed by atoms with Gasteiger partial charge in [0.1, 0.15) is 17.6 Å². The predicted octanol–water partition coefficient (Wildman–Crippen LogP) is 3.60. The summed E-state index contributed by atoms with van der Waals surface area (Å²) in [6.45, 7) is 0. The second-order valence-corrected chi connectivity index (χ2v) is 8.75. The molecule has 0 aromatic heterocycles. The number of nitrogens with zero attached hydrogens (tertiary/aromatic N) is 3. The molecular weight excluding hydrogens is 449 g/mol. The Bertz CT molecular complexity index is 1400. The summed E-state index contributed by atoms with van der Waals surface area (Å²) in [5.41, 5.74) is 2.25. The first kappa shape index (κ1) is 21.2. The fourth-order valence-electron chi connectivity index (χ4n) is 5.51. The number of ketones is 1. The first-order chi connectivity index (χ1) is 17.0. The fraction of sp³-hybridized carbons (Fsp3) is 0.185. The zero-order valence-electron chi connectivity index (χ0n) is 18.7. The number of Topliss-reactive ketones (excluding diaryl/α,β-unsaturated/α-hetero) is 1. The predicted molar refractivity (Wildman–Crippen MR) is 126 cm³/mol. The second kappa shape index (κ2) is 7.87. The normalized spacial score (nSPS) is 24.3. The minimum absolute atomic E-state index is 0.251. The van der Waals surface area contributed by atoms with Gasteiger partial charge in [0.2, 0.25) is 11.8 Å². The standard InChI is InChI=1S/C27H20FN3O4/c1-35-20-9-5-4-8-19(20)30-26(33)21-22(27(30)34)24(25(32)15-10-12-17(28)13-11-15)31-23(21)18-7-3-2-6-16(18)14-29-31/h2-14,21-24H,1H3/t21-,22+,23+,24-/m0/s1. The molecule has 174 valence electrons. The van der Waals surface area contributed by atoms with Crippen molar-refractivity contribution >= 4 is 29.5 Å². The first-order valence-corrected chi connectivity index (χ1v) is 11.2. The molecule has 0 saturated carbocycles. The van der Waals surface area contributed by atoms with E-state index in [9.17, 15) is 18.8 Å². The fourth-order valence-corrected chi connectivity index (χ4v) is 5.51. The summed E-state index contributed by atoms with van der Waals surface area (Å²) in [6.07, 6.45) is 1.64. The molecule has 0 bridgehead atoms. The van der Waals surface area contributed by atoms with Gasteiger partial charge in [-0.15, -0.1) is 0 Å². The summed E-state index contributed by atoms with van der Waals surface area (Å²) in [7, 11) is 1.47. The van der Waals surface area contributed by atoms with Crippen molar-refractivity contribution in [2.24, 2.45) is 16.9 Å². The molecule has 35 heavy (non-hydrogen) atoms. The molecule has 0 radical (unpaired) electrons. The Morgan fingerprint density at radius 1 is 0.914 bits per heavy atom. The van der Waals surface area contributed by atoms with Gasteiger partial charge >= 0.3 is 0 Å². The molecule has 3 aliphatic rings. The number of benzene rings is 3. The summed E-state index contributed by atoms with van der Waals surface area (Å²) in [4.78, 5) is 42.6. The van der Waals surface area contributed by atoms with Crippen LogP contribution in [0, 0.1) is 17.7 Å². The Labute approximate surface area is 200 Å². The molecule has 8 heteroatoms. The largest absolute Gasteiger partial charge is 0.495 e. The van der Waals surface area contributed by atoms with Gasteiger partial charge in [-0.05, 0) is 47.5 Å². The molecular formula is C27H20FN3O4. The highest BCUT2D eigenvalue weighted by molar-refractivity contribution is 6.25. The molecule has 6 rings (SSSR count). The summed E-state index contributed by atoms with van der Waals surface area (Å²) < 4.78 is 18.9. The number of amides is 2. The topological polar surface area (TPSA) is 79.3 Å². The monoisotopic (exact) mass is 469 g/mol. The number of halogens is 1. The average Bonchev–Trinajstić information content (AvgIpc) is 3.36. The number of hydrazone groups is 1. The zero-order chi connectivity index (χ0) is 24.3. The van der Waals surface area contributed by atoms with Crippen molar-refractivity contribution in [3.05, 3.63) is 95.3 Å². The second-order valence-electron chi connectivity index (χ2n) is 8.75. The number of rotatable bonds is 4. The van der Waals surface area contributed by atoms with Crippen LogP contribution in [-0.2, 0) is 9.59 Å². The van der Waals surface area contributed by atoms with Crippen molar-refractivity contribution in [1.29, 1.82) is 0 Å². The van der Waals surface area contributed by atoms with Gasteiger partial charge in [-0.2, -0.15) is 5.10 Å². The van der Waals surface area contributed by atoms with E-state index in [1.165, 1.54) is 31.4 Å². The third kappa shape index (κ3) is 3.02. The molecule has 2 fully saturated rings. The molecule has 0 spiro atoms. The highest BCUT2D eigenvalue weighted by Gasteiger charge is 2.65. The number of ether oxygens (including phenoxy) is 1. The van der Waals surface area contributed by atoms with E-state index in [1.54, 1.807) is 35.5 Å². The maximum atomic E-state index is 13.9. The average molecular weight is 469 g/mol. The van der Waals surface area contributed by atoms with E-state index < -0.39 is 41.6 Å². The number of anilines is 1. The lowest BCUT2D eigenvalue weighted by Gasteiger charge is -2.33. The molecule has 3 aliphatic heterocycles. The summed E-state index contributed by atoms with van der Waals surface area (Å²) in [5.74, 6) is -3.13. The Morgan fingerprint density at radius 2 is 1.60 bits per heavy atom. The number of fused-ring (bicyclic) bond motifs is 5. The summed E-state index contributed by atoms with van der Waals surface area (Å²) in [6, 6.07) is 17.9. The van der Waals surface area contributed by atoms with E-state index >= 15 is 0 Å². The van der Waals surface area contributed by atoms with Crippen LogP contribution in [0.1, 0.15) is 27.5 Å². The lowest BCUT2D eigenvalue weighted by Crippen LogP contribution is -2.44. The molecule has 3 aromatic rings. The lowest BCUT2D eigenvalue weighted by molar-refractivity contribution is -0.124. The number of carbonyl (C=O) groups excluding carboxylic acids is 3. The lowest BCUT2D eigenvalue weighted by atomic mass is 9.83. The molecule has 7 nitrogen and oxygen atoms in total. The van der Waals surface area contributed by atoms with Crippen LogP contribution in [0.3, 0.4) is 0 Å². The molecule has 0 unspecified atom stereocenters. The van der Waals surface area contributed by atoms with Crippen LogP contribution in [0.5, 0.6) is 5.75 Å². The molecule has 2 amide bonds. The van der Waals surface area contributed by atoms with Crippen molar-refractivity contribution in [2.75, 3.05) is 12.0 Å². The quantitative estimate of drug-likeness (QED) is 0.431. The first-order valence-electron chi connectivity index (χ1n) is 11.2. The Morgan fingerprint density at radius 3 is 2.37 bits per heavy atom. The maximum absolute atomic E-state index is 13.9. The highest BCUT2D eigenvalue weighted by atomic mass is 19.1. The number of hydrogen-bond donors (Lipinski definition) is 0. The molecule has 2 saturated heterocycles. The number of carbonyl (C=O) groups is 3. The molecule has 0 N–H and O–H groups in total. The molecule has 4 atom stereocenters. The van der Waals surface area contributed by atoms with Crippen LogP contribution in [0.2, 0.25) is 0 Å². The number of hydrogen-bond acceptors (Lipinski definition) is 6. The van der Waals surface area contributed by atoms with Crippen molar-refractivity contribution in [2.45, 2.75) is 12.1 Å². The zero-order valence-corrected chi connectivity index (χ0v) is 18.7. The van der Waals surface area contributed by atoms with Crippen molar-refractivity contribution in [1.82, 2.24) is 5.01 Å². The van der Waals surface area contributed by atoms with E-state index in [-0.39, 0.29) is 11.3 Å². The van der Waals surface area contributed by atoms with Gasteiger partial charge in [-0.25, -0.2) is 9.29 Å². The number of imide groups is 1. The van der Waals surface area contributed by atoms with Crippen molar-refractivity contribution in [3.63, 3.8) is 0 Å². The van der Waals surface area contributed by atoms with Crippen LogP contribution in [-0.4, -0.2) is 42.0 Å². The molecule has 0 aliphatic carbocycles. The van der Waals surface area contributed by atoms with Gasteiger partial charge in [-0.1, -0.05) is 36.4 Å². The van der Waals surface area contributed by atoms with E-state index in [0.29, 0.717) is 11.4 Å². The highest BCUT2D eigenvalue weighted by Crippen LogP contribution is 2.53. The van der Waals surface area contributed by atoms with Gasteiger partial charge in [0.05, 0.1) is 36.9 Å². The minimum atomic E-state index is -1.02. The van der Waals surface area contributed by atoms with Gasteiger partial charge < -0.3 is 4.74 Å². The Hall–Kier alpha value is -4.33. The van der Waals surface area contributed by atoms with Gasteiger partial charge in [0.15, 0.2) is 5.78 Å². The van der Waals surface area contributed by atoms with Gasteiger partial charge in [0, 0.05) is 5.56 Å². The van der Waals surface area contributed by atoms with Gasteiger partial charge in [0.25, 0.3) is 0 Å². The maximum Gasteiger partial charge on any atom is 0.240 e.